The van der Waals surface area contributed by atoms with Gasteiger partial charge in [0.05, 0.1) is 18.3 Å². The van der Waals surface area contributed by atoms with Crippen molar-refractivity contribution in [3.05, 3.63) is 78.4 Å². The fourth-order valence-corrected chi connectivity index (χ4v) is 4.20. The average molecular weight is 427 g/mol. The number of amides is 1. The number of aryl methyl sites for hydroxylation is 1. The Hall–Kier alpha value is -3.13. The summed E-state index contributed by atoms with van der Waals surface area (Å²) < 4.78 is 27.7. The summed E-state index contributed by atoms with van der Waals surface area (Å²) in [6, 6.07) is 15.2. The predicted molar refractivity (Wildman–Crippen MR) is 118 cm³/mol. The Kier molecular flexibility index (Phi) is 6.89. The maximum Gasteiger partial charge on any atom is 0.232 e. The number of nitrogens with zero attached hydrogens (tertiary/aromatic N) is 3. The van der Waals surface area contributed by atoms with Gasteiger partial charge < -0.3 is 9.88 Å². The SMILES string of the molecule is Cc1ccccc1N(CCCC(=O)NCc1ccc(-n2ccnc2)cc1)S(C)(=O)=O. The molecular weight excluding hydrogens is 400 g/mol. The number of anilines is 1. The van der Waals surface area contributed by atoms with E-state index in [9.17, 15) is 13.2 Å². The van der Waals surface area contributed by atoms with E-state index in [0.29, 0.717) is 18.7 Å². The van der Waals surface area contributed by atoms with E-state index in [2.05, 4.69) is 10.3 Å². The Balaban J connectivity index is 1.50. The molecule has 1 amide bonds. The Labute approximate surface area is 177 Å². The monoisotopic (exact) mass is 426 g/mol. The van der Waals surface area contributed by atoms with Gasteiger partial charge in [-0.05, 0) is 42.7 Å². The van der Waals surface area contributed by atoms with Gasteiger partial charge in [-0.25, -0.2) is 13.4 Å². The van der Waals surface area contributed by atoms with Gasteiger partial charge >= 0.3 is 0 Å². The molecule has 0 aliphatic carbocycles. The molecule has 2 aromatic carbocycles. The summed E-state index contributed by atoms with van der Waals surface area (Å²) in [6.45, 7) is 2.56. The number of nitrogens with one attached hydrogen (secondary N) is 1. The molecule has 0 fully saturated rings. The van der Waals surface area contributed by atoms with Crippen LogP contribution in [0.4, 0.5) is 5.69 Å². The molecule has 0 saturated heterocycles. The molecule has 0 unspecified atom stereocenters. The van der Waals surface area contributed by atoms with Crippen molar-refractivity contribution in [2.75, 3.05) is 17.1 Å². The van der Waals surface area contributed by atoms with E-state index in [1.807, 2.05) is 60.2 Å². The Morgan fingerprint density at radius 3 is 2.50 bits per heavy atom. The molecule has 158 valence electrons. The van der Waals surface area contributed by atoms with Crippen LogP contribution in [0.1, 0.15) is 24.0 Å². The fourth-order valence-electron chi connectivity index (χ4n) is 3.18. The predicted octanol–water partition coefficient (Wildman–Crippen LogP) is 3.04. The first-order chi connectivity index (χ1) is 14.3. The topological polar surface area (TPSA) is 84.3 Å². The minimum atomic E-state index is -3.42. The molecule has 0 atom stereocenters. The molecule has 30 heavy (non-hydrogen) atoms. The van der Waals surface area contributed by atoms with Crippen molar-refractivity contribution in [3.8, 4) is 5.69 Å². The van der Waals surface area contributed by atoms with Crippen molar-refractivity contribution in [1.29, 1.82) is 0 Å². The lowest BCUT2D eigenvalue weighted by molar-refractivity contribution is -0.121. The quantitative estimate of drug-likeness (QED) is 0.570. The van der Waals surface area contributed by atoms with Gasteiger partial charge in [0.25, 0.3) is 0 Å². The number of para-hydroxylation sites is 1. The first kappa shape index (κ1) is 21.6. The first-order valence-electron chi connectivity index (χ1n) is 9.72. The second-order valence-corrected chi connectivity index (χ2v) is 9.05. The standard InChI is InChI=1S/C22H26N4O3S/c1-18-6-3-4-7-21(18)26(30(2,28)29)14-5-8-22(27)24-16-19-9-11-20(12-10-19)25-15-13-23-17-25/h3-4,6-7,9-13,15,17H,5,8,14,16H2,1-2H3,(H,24,27). The number of imidazole rings is 1. The second-order valence-electron chi connectivity index (χ2n) is 7.14. The van der Waals surface area contributed by atoms with Crippen molar-refractivity contribution < 1.29 is 13.2 Å². The Bertz CT molecular complexity index is 1080. The molecule has 0 spiro atoms. The highest BCUT2D eigenvalue weighted by atomic mass is 32.2. The number of rotatable bonds is 9. The van der Waals surface area contributed by atoms with E-state index < -0.39 is 10.0 Å². The third-order valence-corrected chi connectivity index (χ3v) is 5.96. The summed E-state index contributed by atoms with van der Waals surface area (Å²) in [5.41, 5.74) is 3.52. The largest absolute Gasteiger partial charge is 0.352 e. The Morgan fingerprint density at radius 1 is 1.13 bits per heavy atom. The van der Waals surface area contributed by atoms with Crippen molar-refractivity contribution in [1.82, 2.24) is 14.9 Å². The molecule has 7 nitrogen and oxygen atoms in total. The molecular formula is C22H26N4O3S. The molecule has 0 aliphatic heterocycles. The number of carbonyl (C=O) groups is 1. The van der Waals surface area contributed by atoms with Crippen LogP contribution in [0.15, 0.2) is 67.3 Å². The van der Waals surface area contributed by atoms with Gasteiger partial charge in [-0.2, -0.15) is 0 Å². The van der Waals surface area contributed by atoms with Gasteiger partial charge in [0, 0.05) is 37.6 Å². The Morgan fingerprint density at radius 2 is 1.87 bits per heavy atom. The molecule has 0 bridgehead atoms. The minimum Gasteiger partial charge on any atom is -0.352 e. The molecule has 0 saturated carbocycles. The normalized spacial score (nSPS) is 11.3. The smallest absolute Gasteiger partial charge is 0.232 e. The minimum absolute atomic E-state index is 0.105. The molecule has 1 aromatic heterocycles. The molecule has 1 N–H and O–H groups in total. The van der Waals surface area contributed by atoms with Gasteiger partial charge in [0.15, 0.2) is 0 Å². The van der Waals surface area contributed by atoms with Crippen LogP contribution in [-0.4, -0.2) is 36.7 Å². The van der Waals surface area contributed by atoms with E-state index in [0.717, 1.165) is 16.8 Å². The van der Waals surface area contributed by atoms with E-state index in [-0.39, 0.29) is 18.9 Å². The van der Waals surface area contributed by atoms with Crippen molar-refractivity contribution in [2.24, 2.45) is 0 Å². The lowest BCUT2D eigenvalue weighted by Gasteiger charge is -2.24. The number of sulfonamides is 1. The molecule has 3 aromatic rings. The van der Waals surface area contributed by atoms with Crippen LogP contribution in [0, 0.1) is 6.92 Å². The first-order valence-corrected chi connectivity index (χ1v) is 11.6. The number of aromatic nitrogens is 2. The third-order valence-electron chi connectivity index (χ3n) is 4.78. The van der Waals surface area contributed by atoms with Crippen LogP contribution < -0.4 is 9.62 Å². The van der Waals surface area contributed by atoms with E-state index >= 15 is 0 Å². The summed E-state index contributed by atoms with van der Waals surface area (Å²) in [7, 11) is -3.42. The third kappa shape index (κ3) is 5.70. The zero-order chi connectivity index (χ0) is 21.6. The van der Waals surface area contributed by atoms with Gasteiger partial charge in [0.2, 0.25) is 15.9 Å². The lowest BCUT2D eigenvalue weighted by Crippen LogP contribution is -2.32. The number of hydrogen-bond donors (Lipinski definition) is 1. The summed E-state index contributed by atoms with van der Waals surface area (Å²) in [6.07, 6.45) is 7.20. The maximum atomic E-state index is 12.2. The van der Waals surface area contributed by atoms with E-state index in [1.54, 1.807) is 18.6 Å². The molecule has 3 rings (SSSR count). The maximum absolute atomic E-state index is 12.2. The van der Waals surface area contributed by atoms with Crippen LogP contribution >= 0.6 is 0 Å². The van der Waals surface area contributed by atoms with Crippen LogP contribution in [0.3, 0.4) is 0 Å². The number of benzene rings is 2. The van der Waals surface area contributed by atoms with Gasteiger partial charge in [-0.3, -0.25) is 9.10 Å². The van der Waals surface area contributed by atoms with Crippen LogP contribution in [0.5, 0.6) is 0 Å². The highest BCUT2D eigenvalue weighted by molar-refractivity contribution is 7.92. The zero-order valence-electron chi connectivity index (χ0n) is 17.2. The van der Waals surface area contributed by atoms with Crippen LogP contribution in [0.2, 0.25) is 0 Å². The van der Waals surface area contributed by atoms with E-state index in [1.165, 1.54) is 10.6 Å². The highest BCUT2D eigenvalue weighted by Gasteiger charge is 2.19. The summed E-state index contributed by atoms with van der Waals surface area (Å²) >= 11 is 0. The number of hydrogen-bond acceptors (Lipinski definition) is 4. The van der Waals surface area contributed by atoms with Gasteiger partial charge in [-0.15, -0.1) is 0 Å². The lowest BCUT2D eigenvalue weighted by atomic mass is 10.2. The van der Waals surface area contributed by atoms with Gasteiger partial charge in [-0.1, -0.05) is 30.3 Å². The molecule has 1 heterocycles. The van der Waals surface area contributed by atoms with E-state index in [4.69, 9.17) is 0 Å². The molecule has 8 heteroatoms. The second kappa shape index (κ2) is 9.58. The van der Waals surface area contributed by atoms with Crippen LogP contribution in [-0.2, 0) is 21.4 Å². The average Bonchev–Trinajstić information content (AvgIpc) is 3.25. The fraction of sp³-hybridized carbons (Fsp3) is 0.273. The summed E-state index contributed by atoms with van der Waals surface area (Å²) in [5.74, 6) is -0.105. The van der Waals surface area contributed by atoms with Crippen molar-refractivity contribution in [2.45, 2.75) is 26.3 Å². The van der Waals surface area contributed by atoms with Crippen LogP contribution in [0.25, 0.3) is 5.69 Å². The van der Waals surface area contributed by atoms with Gasteiger partial charge in [0.1, 0.15) is 0 Å². The highest BCUT2D eigenvalue weighted by Crippen LogP contribution is 2.22. The molecule has 0 aliphatic rings. The summed E-state index contributed by atoms with van der Waals surface area (Å²) in [5, 5.41) is 2.89. The molecule has 0 radical (unpaired) electrons. The van der Waals surface area contributed by atoms with Crippen molar-refractivity contribution >= 4 is 21.6 Å². The van der Waals surface area contributed by atoms with Crippen molar-refractivity contribution in [3.63, 3.8) is 0 Å². The number of carbonyl (C=O) groups excluding carboxylic acids is 1. The zero-order valence-corrected chi connectivity index (χ0v) is 18.0. The summed E-state index contributed by atoms with van der Waals surface area (Å²) in [4.78, 5) is 16.2.